The van der Waals surface area contributed by atoms with E-state index in [4.69, 9.17) is 0 Å². The fourth-order valence-electron chi connectivity index (χ4n) is 6.73. The standard InChI is InChI=1S/C22H33N5O/c1-4-26(3)20-18-13-27(6-5-19(18)23-14(2)24-20)21(28)25-22-10-15-7-16(11-22)9-17(8-15)12-22/h15-17H,4-13H2,1-3H3,(H,25,28). The van der Waals surface area contributed by atoms with Crippen molar-refractivity contribution in [1.82, 2.24) is 20.2 Å². The lowest BCUT2D eigenvalue weighted by Gasteiger charge is -2.57. The molecule has 4 fully saturated rings. The molecule has 0 saturated heterocycles. The molecule has 1 N–H and O–H groups in total. The van der Waals surface area contributed by atoms with E-state index in [0.29, 0.717) is 6.54 Å². The van der Waals surface area contributed by atoms with E-state index in [1.807, 2.05) is 11.8 Å². The average molecular weight is 384 g/mol. The summed E-state index contributed by atoms with van der Waals surface area (Å²) in [6.07, 6.45) is 8.60. The Morgan fingerprint density at radius 1 is 1.18 bits per heavy atom. The number of aromatic nitrogens is 2. The van der Waals surface area contributed by atoms with E-state index in [1.165, 1.54) is 38.5 Å². The molecule has 0 aromatic carbocycles. The lowest BCUT2D eigenvalue weighted by molar-refractivity contribution is -0.0159. The molecule has 4 aliphatic carbocycles. The van der Waals surface area contributed by atoms with Gasteiger partial charge < -0.3 is 15.1 Å². The van der Waals surface area contributed by atoms with Gasteiger partial charge in [-0.3, -0.25) is 0 Å². The summed E-state index contributed by atoms with van der Waals surface area (Å²) in [5, 5.41) is 3.53. The van der Waals surface area contributed by atoms with Gasteiger partial charge in [0.25, 0.3) is 0 Å². The minimum atomic E-state index is 0.0684. The van der Waals surface area contributed by atoms with Crippen LogP contribution in [0.2, 0.25) is 0 Å². The molecule has 6 nitrogen and oxygen atoms in total. The molecule has 0 unspecified atom stereocenters. The molecule has 2 heterocycles. The highest BCUT2D eigenvalue weighted by atomic mass is 16.2. The smallest absolute Gasteiger partial charge is 0.318 e. The van der Waals surface area contributed by atoms with Crippen LogP contribution in [-0.2, 0) is 13.0 Å². The van der Waals surface area contributed by atoms with Crippen LogP contribution >= 0.6 is 0 Å². The van der Waals surface area contributed by atoms with Gasteiger partial charge in [-0.1, -0.05) is 0 Å². The number of hydrogen-bond acceptors (Lipinski definition) is 4. The van der Waals surface area contributed by atoms with Gasteiger partial charge >= 0.3 is 6.03 Å². The molecule has 6 heteroatoms. The number of nitrogens with zero attached hydrogens (tertiary/aromatic N) is 4. The van der Waals surface area contributed by atoms with Crippen molar-refractivity contribution in [2.45, 2.75) is 70.9 Å². The number of hydrogen-bond donors (Lipinski definition) is 1. The summed E-state index contributed by atoms with van der Waals surface area (Å²) < 4.78 is 0. The molecule has 1 aromatic heterocycles. The molecule has 1 aliphatic heterocycles. The third-order valence-corrected chi connectivity index (χ3v) is 7.68. The van der Waals surface area contributed by atoms with E-state index < -0.39 is 0 Å². The van der Waals surface area contributed by atoms with Gasteiger partial charge in [-0.2, -0.15) is 0 Å². The van der Waals surface area contributed by atoms with Gasteiger partial charge in [0.05, 0.1) is 12.2 Å². The van der Waals surface area contributed by atoms with Crippen molar-refractivity contribution in [3.05, 3.63) is 17.1 Å². The molecule has 4 bridgehead atoms. The minimum absolute atomic E-state index is 0.0684. The zero-order chi connectivity index (χ0) is 19.5. The summed E-state index contributed by atoms with van der Waals surface area (Å²) in [5.74, 6) is 4.33. The maximum absolute atomic E-state index is 13.3. The predicted molar refractivity (Wildman–Crippen MR) is 109 cm³/mol. The first kappa shape index (κ1) is 18.2. The number of aryl methyl sites for hydroxylation is 1. The van der Waals surface area contributed by atoms with Crippen LogP contribution in [0.1, 0.15) is 62.5 Å². The number of urea groups is 1. The number of fused-ring (bicyclic) bond motifs is 1. The fourth-order valence-corrected chi connectivity index (χ4v) is 6.73. The maximum Gasteiger partial charge on any atom is 0.318 e. The van der Waals surface area contributed by atoms with Crippen molar-refractivity contribution in [2.75, 3.05) is 25.0 Å². The lowest BCUT2D eigenvalue weighted by atomic mass is 9.53. The van der Waals surface area contributed by atoms with Gasteiger partial charge in [-0.25, -0.2) is 14.8 Å². The molecule has 0 radical (unpaired) electrons. The summed E-state index contributed by atoms with van der Waals surface area (Å²) >= 11 is 0. The summed E-state index contributed by atoms with van der Waals surface area (Å²) in [5.41, 5.74) is 2.31. The average Bonchev–Trinajstić information content (AvgIpc) is 2.64. The first-order valence-corrected chi connectivity index (χ1v) is 11.1. The summed E-state index contributed by atoms with van der Waals surface area (Å²) in [4.78, 5) is 26.8. The molecule has 5 aliphatic rings. The van der Waals surface area contributed by atoms with Gasteiger partial charge in [0.2, 0.25) is 0 Å². The summed E-state index contributed by atoms with van der Waals surface area (Å²) in [7, 11) is 2.07. The number of carbonyl (C=O) groups is 1. The highest BCUT2D eigenvalue weighted by Crippen LogP contribution is 2.55. The first-order valence-electron chi connectivity index (χ1n) is 11.1. The van der Waals surface area contributed by atoms with Crippen LogP contribution in [0.5, 0.6) is 0 Å². The molecule has 28 heavy (non-hydrogen) atoms. The number of amides is 2. The molecule has 6 rings (SSSR count). The van der Waals surface area contributed by atoms with E-state index in [9.17, 15) is 4.79 Å². The molecule has 2 amide bonds. The van der Waals surface area contributed by atoms with Gasteiger partial charge in [-0.15, -0.1) is 0 Å². The van der Waals surface area contributed by atoms with Crippen LogP contribution in [0.25, 0.3) is 0 Å². The first-order chi connectivity index (χ1) is 13.4. The summed E-state index contributed by atoms with van der Waals surface area (Å²) in [6, 6.07) is 0.123. The molecule has 4 saturated carbocycles. The second-order valence-electron chi connectivity index (χ2n) is 9.83. The number of anilines is 1. The van der Waals surface area contributed by atoms with E-state index in [0.717, 1.165) is 60.2 Å². The van der Waals surface area contributed by atoms with Crippen molar-refractivity contribution in [1.29, 1.82) is 0 Å². The van der Waals surface area contributed by atoms with Crippen molar-refractivity contribution < 1.29 is 4.79 Å². The largest absolute Gasteiger partial charge is 0.360 e. The van der Waals surface area contributed by atoms with Gasteiger partial charge in [0.1, 0.15) is 11.6 Å². The maximum atomic E-state index is 13.3. The van der Waals surface area contributed by atoms with Crippen molar-refractivity contribution in [3.8, 4) is 0 Å². The molecule has 152 valence electrons. The zero-order valence-corrected chi connectivity index (χ0v) is 17.5. The molecular formula is C22H33N5O. The molecular weight excluding hydrogens is 350 g/mol. The Morgan fingerprint density at radius 2 is 1.82 bits per heavy atom. The highest BCUT2D eigenvalue weighted by molar-refractivity contribution is 5.76. The van der Waals surface area contributed by atoms with Gasteiger partial charge in [-0.05, 0) is 70.1 Å². The Morgan fingerprint density at radius 3 is 2.43 bits per heavy atom. The molecule has 1 aromatic rings. The highest BCUT2D eigenvalue weighted by Gasteiger charge is 2.51. The van der Waals surface area contributed by atoms with E-state index in [-0.39, 0.29) is 11.6 Å². The molecule has 0 spiro atoms. The van der Waals surface area contributed by atoms with E-state index >= 15 is 0 Å². The van der Waals surface area contributed by atoms with Crippen LogP contribution in [0, 0.1) is 24.7 Å². The SMILES string of the molecule is CCN(C)c1nc(C)nc2c1CN(C(=O)NC13CC4CC(CC(C4)C1)C3)CC2. The number of rotatable bonds is 3. The second kappa shape index (κ2) is 6.60. The quantitative estimate of drug-likeness (QED) is 0.870. The third-order valence-electron chi connectivity index (χ3n) is 7.68. The monoisotopic (exact) mass is 383 g/mol. The predicted octanol–water partition coefficient (Wildman–Crippen LogP) is 3.28. The minimum Gasteiger partial charge on any atom is -0.360 e. The lowest BCUT2D eigenvalue weighted by Crippen LogP contribution is -2.62. The topological polar surface area (TPSA) is 61.4 Å². The zero-order valence-electron chi connectivity index (χ0n) is 17.5. The Bertz CT molecular complexity index is 756. The van der Waals surface area contributed by atoms with Crippen LogP contribution in [-0.4, -0.2) is 46.6 Å². The van der Waals surface area contributed by atoms with Crippen LogP contribution in [0.3, 0.4) is 0 Å². The van der Waals surface area contributed by atoms with Crippen molar-refractivity contribution >= 4 is 11.8 Å². The van der Waals surface area contributed by atoms with Gasteiger partial charge in [0.15, 0.2) is 0 Å². The summed E-state index contributed by atoms with van der Waals surface area (Å²) in [6.45, 7) is 6.34. The van der Waals surface area contributed by atoms with E-state index in [1.54, 1.807) is 0 Å². The van der Waals surface area contributed by atoms with Crippen molar-refractivity contribution in [3.63, 3.8) is 0 Å². The Labute approximate surface area is 168 Å². The number of nitrogens with one attached hydrogen (secondary N) is 1. The normalized spacial score (nSPS) is 33.0. The van der Waals surface area contributed by atoms with E-state index in [2.05, 4.69) is 34.2 Å². The Balaban J connectivity index is 1.34. The van der Waals surface area contributed by atoms with Crippen LogP contribution in [0.4, 0.5) is 10.6 Å². The Hall–Kier alpha value is -1.85. The second-order valence-corrected chi connectivity index (χ2v) is 9.83. The van der Waals surface area contributed by atoms with Crippen LogP contribution < -0.4 is 10.2 Å². The third kappa shape index (κ3) is 3.05. The van der Waals surface area contributed by atoms with Gasteiger partial charge in [0, 0.05) is 37.7 Å². The Kier molecular flexibility index (Phi) is 4.29. The van der Waals surface area contributed by atoms with Crippen LogP contribution in [0.15, 0.2) is 0 Å². The van der Waals surface area contributed by atoms with Crippen molar-refractivity contribution in [2.24, 2.45) is 17.8 Å². The molecule has 0 atom stereocenters. The number of carbonyl (C=O) groups excluding carboxylic acids is 1. The fraction of sp³-hybridized carbons (Fsp3) is 0.773.